The van der Waals surface area contributed by atoms with Crippen LogP contribution in [0.1, 0.15) is 5.56 Å². The molecule has 10 aromatic rings. The van der Waals surface area contributed by atoms with Crippen LogP contribution in [0.15, 0.2) is 167 Å². The molecule has 3 nitrogen and oxygen atoms in total. The third kappa shape index (κ3) is 4.01. The smallest absolute Gasteiger partial charge is 0.159 e. The number of fused-ring (bicyclic) bond motifs is 9. The lowest BCUT2D eigenvalue weighted by atomic mass is 10.00. The Morgan fingerprint density at radius 2 is 1.06 bits per heavy atom. The van der Waals surface area contributed by atoms with Gasteiger partial charge in [-0.2, -0.15) is 0 Å². The molecular weight excluding hydrogens is 587 g/mol. The zero-order valence-electron chi connectivity index (χ0n) is 26.3. The average Bonchev–Trinajstić information content (AvgIpc) is 3.70. The fraction of sp³-hybridized carbons (Fsp3) is 0.0222. The molecule has 10 rings (SSSR count). The Morgan fingerprint density at radius 1 is 0.417 bits per heavy atom. The molecular formula is C45H29NO2. The summed E-state index contributed by atoms with van der Waals surface area (Å²) in [4.78, 5) is 2.36. The van der Waals surface area contributed by atoms with E-state index in [1.165, 1.54) is 16.3 Å². The molecule has 8 aromatic carbocycles. The molecule has 2 heterocycles. The van der Waals surface area contributed by atoms with Crippen molar-refractivity contribution in [3.63, 3.8) is 0 Å². The summed E-state index contributed by atoms with van der Waals surface area (Å²) in [5.74, 6) is 0. The molecule has 2 aromatic heterocycles. The molecule has 48 heavy (non-hydrogen) atoms. The minimum Gasteiger partial charge on any atom is -0.455 e. The van der Waals surface area contributed by atoms with Crippen LogP contribution in [-0.4, -0.2) is 0 Å². The van der Waals surface area contributed by atoms with Gasteiger partial charge in [-0.15, -0.1) is 0 Å². The van der Waals surface area contributed by atoms with E-state index in [9.17, 15) is 0 Å². The molecule has 226 valence electrons. The summed E-state index contributed by atoms with van der Waals surface area (Å²) in [6.45, 7) is 2.13. The Morgan fingerprint density at radius 3 is 1.88 bits per heavy atom. The molecule has 0 N–H and O–H groups in total. The van der Waals surface area contributed by atoms with Crippen LogP contribution in [0, 0.1) is 6.92 Å². The quantitative estimate of drug-likeness (QED) is 0.197. The maximum Gasteiger partial charge on any atom is 0.159 e. The van der Waals surface area contributed by atoms with Crippen molar-refractivity contribution in [1.82, 2.24) is 0 Å². The molecule has 0 bridgehead atoms. The van der Waals surface area contributed by atoms with E-state index in [0.29, 0.717) is 0 Å². The van der Waals surface area contributed by atoms with Crippen LogP contribution in [0.5, 0.6) is 0 Å². The predicted octanol–water partition coefficient (Wildman–Crippen LogP) is 13.2. The van der Waals surface area contributed by atoms with Gasteiger partial charge >= 0.3 is 0 Å². The predicted molar refractivity (Wildman–Crippen MR) is 201 cm³/mol. The van der Waals surface area contributed by atoms with Gasteiger partial charge in [0.1, 0.15) is 16.7 Å². The number of hydrogen-bond donors (Lipinski definition) is 0. The minimum absolute atomic E-state index is 0.851. The second-order valence-electron chi connectivity index (χ2n) is 12.6. The van der Waals surface area contributed by atoms with E-state index in [0.717, 1.165) is 82.8 Å². The Kier molecular flexibility index (Phi) is 5.79. The van der Waals surface area contributed by atoms with Gasteiger partial charge < -0.3 is 13.7 Å². The maximum atomic E-state index is 6.96. The van der Waals surface area contributed by atoms with Crippen LogP contribution >= 0.6 is 0 Å². The van der Waals surface area contributed by atoms with Gasteiger partial charge in [0.05, 0.1) is 11.4 Å². The van der Waals surface area contributed by atoms with E-state index >= 15 is 0 Å². The first-order valence-corrected chi connectivity index (χ1v) is 16.3. The number of rotatable bonds is 4. The fourth-order valence-corrected chi connectivity index (χ4v) is 7.38. The number of hydrogen-bond acceptors (Lipinski definition) is 3. The standard InChI is InChI=1S/C45H29NO2/c1-28-21-23-32(24-22-28)46(40-20-10-19-37-36-18-9-17-33(43(36)48-45(37)40)29-11-3-2-4-12-29)41-27-39-38-25-30-13-5-6-14-31(30)26-42(38)47-44(39)35-16-8-7-15-34(35)41/h2-27H,1H3. The summed E-state index contributed by atoms with van der Waals surface area (Å²) in [6.07, 6.45) is 0. The Hall–Kier alpha value is -6.32. The number of anilines is 3. The molecule has 0 aliphatic carbocycles. The lowest BCUT2D eigenvalue weighted by Gasteiger charge is -2.27. The van der Waals surface area contributed by atoms with E-state index in [4.69, 9.17) is 8.83 Å². The summed E-state index contributed by atoms with van der Waals surface area (Å²) in [6, 6.07) is 55.9. The van der Waals surface area contributed by atoms with Gasteiger partial charge in [-0.05, 0) is 59.7 Å². The number of nitrogens with zero attached hydrogens (tertiary/aromatic N) is 1. The first-order chi connectivity index (χ1) is 23.7. The van der Waals surface area contributed by atoms with E-state index in [2.05, 4.69) is 163 Å². The average molecular weight is 616 g/mol. The van der Waals surface area contributed by atoms with Crippen molar-refractivity contribution in [3.05, 3.63) is 163 Å². The summed E-state index contributed by atoms with van der Waals surface area (Å²) < 4.78 is 13.6. The summed E-state index contributed by atoms with van der Waals surface area (Å²) >= 11 is 0. The van der Waals surface area contributed by atoms with Crippen LogP contribution in [0.4, 0.5) is 17.1 Å². The highest BCUT2D eigenvalue weighted by Crippen LogP contribution is 2.48. The van der Waals surface area contributed by atoms with Crippen LogP contribution < -0.4 is 4.90 Å². The SMILES string of the molecule is Cc1ccc(N(c2cc3c4cc5ccccc5cc4oc3c3ccccc23)c2cccc3c2oc2c(-c4ccccc4)cccc23)cc1. The van der Waals surface area contributed by atoms with Gasteiger partial charge in [-0.1, -0.05) is 127 Å². The van der Waals surface area contributed by atoms with E-state index < -0.39 is 0 Å². The number of benzene rings is 8. The van der Waals surface area contributed by atoms with Gasteiger partial charge in [0, 0.05) is 43.6 Å². The van der Waals surface area contributed by atoms with Gasteiger partial charge in [-0.3, -0.25) is 0 Å². The molecule has 0 aliphatic rings. The second kappa shape index (κ2) is 10.3. The summed E-state index contributed by atoms with van der Waals surface area (Å²) in [7, 11) is 0. The third-order valence-corrected chi connectivity index (χ3v) is 9.69. The minimum atomic E-state index is 0.851. The molecule has 3 heteroatoms. The first kappa shape index (κ1) is 26.9. The highest BCUT2D eigenvalue weighted by Gasteiger charge is 2.24. The van der Waals surface area contributed by atoms with Crippen molar-refractivity contribution in [1.29, 1.82) is 0 Å². The van der Waals surface area contributed by atoms with E-state index in [-0.39, 0.29) is 0 Å². The maximum absolute atomic E-state index is 6.96. The van der Waals surface area contributed by atoms with Crippen LogP contribution in [0.25, 0.3) is 76.5 Å². The molecule has 0 fully saturated rings. The zero-order valence-corrected chi connectivity index (χ0v) is 26.3. The van der Waals surface area contributed by atoms with Crippen molar-refractivity contribution >= 4 is 82.5 Å². The molecule has 0 amide bonds. The van der Waals surface area contributed by atoms with Crippen molar-refractivity contribution in [3.8, 4) is 11.1 Å². The van der Waals surface area contributed by atoms with Crippen LogP contribution in [0.3, 0.4) is 0 Å². The van der Waals surface area contributed by atoms with E-state index in [1.807, 2.05) is 6.07 Å². The Bertz CT molecular complexity index is 2840. The summed E-state index contributed by atoms with van der Waals surface area (Å²) in [5.41, 5.74) is 10.1. The van der Waals surface area contributed by atoms with E-state index in [1.54, 1.807) is 0 Å². The highest BCUT2D eigenvalue weighted by atomic mass is 16.3. The lowest BCUT2D eigenvalue weighted by molar-refractivity contribution is 0.670. The zero-order chi connectivity index (χ0) is 31.8. The third-order valence-electron chi connectivity index (χ3n) is 9.69. The van der Waals surface area contributed by atoms with Crippen molar-refractivity contribution in [2.24, 2.45) is 0 Å². The second-order valence-corrected chi connectivity index (χ2v) is 12.6. The van der Waals surface area contributed by atoms with Crippen molar-refractivity contribution < 1.29 is 8.83 Å². The van der Waals surface area contributed by atoms with Gasteiger partial charge in [0.15, 0.2) is 5.58 Å². The number of furan rings is 2. The van der Waals surface area contributed by atoms with Crippen LogP contribution in [0.2, 0.25) is 0 Å². The van der Waals surface area contributed by atoms with Crippen molar-refractivity contribution in [2.75, 3.05) is 4.90 Å². The van der Waals surface area contributed by atoms with Gasteiger partial charge in [-0.25, -0.2) is 0 Å². The Balaban J connectivity index is 1.31. The number of para-hydroxylation sites is 2. The Labute approximate surface area is 276 Å². The normalized spacial score (nSPS) is 11.9. The molecule has 0 unspecified atom stereocenters. The molecule has 0 aliphatic heterocycles. The topological polar surface area (TPSA) is 29.5 Å². The molecule has 0 spiro atoms. The molecule has 0 saturated carbocycles. The molecule has 0 atom stereocenters. The number of aryl methyl sites for hydroxylation is 1. The molecule has 0 saturated heterocycles. The highest BCUT2D eigenvalue weighted by molar-refractivity contribution is 6.22. The van der Waals surface area contributed by atoms with Gasteiger partial charge in [0.2, 0.25) is 0 Å². The van der Waals surface area contributed by atoms with Crippen LogP contribution in [-0.2, 0) is 0 Å². The van der Waals surface area contributed by atoms with Gasteiger partial charge in [0.25, 0.3) is 0 Å². The largest absolute Gasteiger partial charge is 0.455 e. The first-order valence-electron chi connectivity index (χ1n) is 16.3. The fourth-order valence-electron chi connectivity index (χ4n) is 7.38. The summed E-state index contributed by atoms with van der Waals surface area (Å²) in [5, 5.41) is 8.92. The molecule has 0 radical (unpaired) electrons. The lowest BCUT2D eigenvalue weighted by Crippen LogP contribution is -2.11. The van der Waals surface area contributed by atoms with Crippen molar-refractivity contribution in [2.45, 2.75) is 6.92 Å². The monoisotopic (exact) mass is 615 g/mol.